The Bertz CT molecular complexity index is 556. The Morgan fingerprint density at radius 2 is 1.82 bits per heavy atom. The molecule has 28 heavy (non-hydrogen) atoms. The van der Waals surface area contributed by atoms with Crippen LogP contribution in [0, 0.1) is 5.92 Å². The molecule has 0 aliphatic carbocycles. The van der Waals surface area contributed by atoms with E-state index in [2.05, 4.69) is 46.5 Å². The van der Waals surface area contributed by atoms with Crippen molar-refractivity contribution >= 4 is 29.9 Å². The number of nitrogens with zero attached hydrogens (tertiary/aromatic N) is 2. The third-order valence-electron chi connectivity index (χ3n) is 5.78. The molecule has 1 atom stereocenters. The SMILES string of the molecule is CCN1CCC(CCNC(=NC)NCCC(C)c2ccc(OC)cc2)CC1.I. The average molecular weight is 502 g/mol. The minimum absolute atomic E-state index is 0. The van der Waals surface area contributed by atoms with Gasteiger partial charge in [0.05, 0.1) is 7.11 Å². The summed E-state index contributed by atoms with van der Waals surface area (Å²) in [5.74, 6) is 3.19. The molecule has 160 valence electrons. The first-order chi connectivity index (χ1) is 13.2. The van der Waals surface area contributed by atoms with Crippen LogP contribution in [0.15, 0.2) is 29.3 Å². The molecule has 1 heterocycles. The largest absolute Gasteiger partial charge is 0.497 e. The Morgan fingerprint density at radius 3 is 2.39 bits per heavy atom. The summed E-state index contributed by atoms with van der Waals surface area (Å²) in [4.78, 5) is 6.91. The molecule has 1 unspecified atom stereocenters. The van der Waals surface area contributed by atoms with Crippen molar-refractivity contribution < 1.29 is 4.74 Å². The molecular formula is C22H39IN4O. The van der Waals surface area contributed by atoms with Gasteiger partial charge in [-0.3, -0.25) is 4.99 Å². The molecule has 0 radical (unpaired) electrons. The first kappa shape index (κ1) is 25.0. The van der Waals surface area contributed by atoms with Crippen LogP contribution in [-0.4, -0.2) is 57.7 Å². The highest BCUT2D eigenvalue weighted by molar-refractivity contribution is 14.0. The second-order valence-electron chi connectivity index (χ2n) is 7.55. The summed E-state index contributed by atoms with van der Waals surface area (Å²) in [7, 11) is 3.55. The summed E-state index contributed by atoms with van der Waals surface area (Å²) >= 11 is 0. The highest BCUT2D eigenvalue weighted by Gasteiger charge is 2.17. The number of nitrogens with one attached hydrogen (secondary N) is 2. The second kappa shape index (κ2) is 14.0. The molecule has 1 aromatic rings. The van der Waals surface area contributed by atoms with Gasteiger partial charge in [-0.2, -0.15) is 0 Å². The fraction of sp³-hybridized carbons (Fsp3) is 0.682. The maximum atomic E-state index is 5.23. The van der Waals surface area contributed by atoms with E-state index in [1.807, 2.05) is 19.2 Å². The van der Waals surface area contributed by atoms with E-state index in [4.69, 9.17) is 4.74 Å². The number of aliphatic imine (C=N–C) groups is 1. The van der Waals surface area contributed by atoms with Crippen molar-refractivity contribution in [3.8, 4) is 5.75 Å². The molecule has 0 amide bonds. The Labute approximate surface area is 188 Å². The minimum Gasteiger partial charge on any atom is -0.497 e. The zero-order valence-electron chi connectivity index (χ0n) is 18.0. The average Bonchev–Trinajstić information content (AvgIpc) is 2.73. The maximum absolute atomic E-state index is 5.23. The lowest BCUT2D eigenvalue weighted by Gasteiger charge is -2.31. The van der Waals surface area contributed by atoms with E-state index in [0.717, 1.165) is 37.1 Å². The Balaban J connectivity index is 0.00000392. The number of benzene rings is 1. The van der Waals surface area contributed by atoms with Crippen LogP contribution in [0.25, 0.3) is 0 Å². The van der Waals surface area contributed by atoms with Crippen molar-refractivity contribution in [2.75, 3.05) is 46.9 Å². The molecule has 2 rings (SSSR count). The first-order valence-corrected chi connectivity index (χ1v) is 10.5. The summed E-state index contributed by atoms with van der Waals surface area (Å²) in [6.07, 6.45) is 4.98. The third-order valence-corrected chi connectivity index (χ3v) is 5.78. The first-order valence-electron chi connectivity index (χ1n) is 10.5. The van der Waals surface area contributed by atoms with E-state index in [-0.39, 0.29) is 24.0 Å². The number of rotatable bonds is 9. The van der Waals surface area contributed by atoms with Gasteiger partial charge in [0.15, 0.2) is 5.96 Å². The summed E-state index contributed by atoms with van der Waals surface area (Å²) in [5.41, 5.74) is 1.35. The molecule has 5 nitrogen and oxygen atoms in total. The van der Waals surface area contributed by atoms with E-state index < -0.39 is 0 Å². The number of likely N-dealkylation sites (tertiary alicyclic amines) is 1. The quantitative estimate of drug-likeness (QED) is 0.304. The number of methoxy groups -OCH3 is 1. The molecular weight excluding hydrogens is 463 g/mol. The van der Waals surface area contributed by atoms with Gasteiger partial charge in [0.25, 0.3) is 0 Å². The number of halogens is 1. The van der Waals surface area contributed by atoms with Crippen molar-refractivity contribution in [3.63, 3.8) is 0 Å². The lowest BCUT2D eigenvalue weighted by Crippen LogP contribution is -2.40. The standard InChI is InChI=1S/C22H38N4O.HI/c1-5-26-16-12-19(13-17-26)11-15-25-22(23-3)24-14-10-18(2)20-6-8-21(27-4)9-7-20;/h6-9,18-19H,5,10-17H2,1-4H3,(H2,23,24,25);1H. The van der Waals surface area contributed by atoms with Crippen LogP contribution < -0.4 is 15.4 Å². The van der Waals surface area contributed by atoms with Crippen LogP contribution in [-0.2, 0) is 0 Å². The number of ether oxygens (including phenoxy) is 1. The summed E-state index contributed by atoms with van der Waals surface area (Å²) < 4.78 is 5.23. The number of hydrogen-bond acceptors (Lipinski definition) is 3. The lowest BCUT2D eigenvalue weighted by molar-refractivity contribution is 0.187. The van der Waals surface area contributed by atoms with Crippen LogP contribution in [0.4, 0.5) is 0 Å². The normalized spacial score (nSPS) is 16.9. The van der Waals surface area contributed by atoms with Crippen LogP contribution in [0.3, 0.4) is 0 Å². The van der Waals surface area contributed by atoms with Crippen LogP contribution in [0.1, 0.15) is 51.0 Å². The second-order valence-corrected chi connectivity index (χ2v) is 7.55. The van der Waals surface area contributed by atoms with Crippen molar-refractivity contribution in [1.82, 2.24) is 15.5 Å². The molecule has 1 saturated heterocycles. The van der Waals surface area contributed by atoms with Gasteiger partial charge in [-0.25, -0.2) is 0 Å². The van der Waals surface area contributed by atoms with Crippen LogP contribution in [0.5, 0.6) is 5.75 Å². The number of guanidine groups is 1. The molecule has 6 heteroatoms. The Morgan fingerprint density at radius 1 is 1.18 bits per heavy atom. The van der Waals surface area contributed by atoms with Crippen LogP contribution >= 0.6 is 24.0 Å². The molecule has 2 N–H and O–H groups in total. The minimum atomic E-state index is 0. The smallest absolute Gasteiger partial charge is 0.190 e. The van der Waals surface area contributed by atoms with E-state index in [1.54, 1.807) is 7.11 Å². The Kier molecular flexibility index (Phi) is 12.5. The highest BCUT2D eigenvalue weighted by atomic mass is 127. The van der Waals surface area contributed by atoms with E-state index >= 15 is 0 Å². The van der Waals surface area contributed by atoms with Gasteiger partial charge in [0.1, 0.15) is 5.75 Å². The summed E-state index contributed by atoms with van der Waals surface area (Å²) in [6.45, 7) is 10.2. The number of piperidine rings is 1. The number of hydrogen-bond donors (Lipinski definition) is 2. The molecule has 0 spiro atoms. The van der Waals surface area contributed by atoms with Gasteiger partial charge in [0.2, 0.25) is 0 Å². The van der Waals surface area contributed by atoms with Crippen molar-refractivity contribution in [1.29, 1.82) is 0 Å². The van der Waals surface area contributed by atoms with Gasteiger partial charge in [-0.05, 0) is 74.8 Å². The van der Waals surface area contributed by atoms with Gasteiger partial charge in [-0.15, -0.1) is 24.0 Å². The van der Waals surface area contributed by atoms with Crippen molar-refractivity contribution in [3.05, 3.63) is 29.8 Å². The predicted octanol–water partition coefficient (Wildman–Crippen LogP) is 4.09. The monoisotopic (exact) mass is 502 g/mol. The van der Waals surface area contributed by atoms with E-state index in [9.17, 15) is 0 Å². The molecule has 0 saturated carbocycles. The van der Waals surface area contributed by atoms with E-state index in [0.29, 0.717) is 5.92 Å². The maximum Gasteiger partial charge on any atom is 0.190 e. The zero-order valence-corrected chi connectivity index (χ0v) is 20.4. The van der Waals surface area contributed by atoms with E-state index in [1.165, 1.54) is 44.5 Å². The molecule has 1 aliphatic rings. The fourth-order valence-electron chi connectivity index (χ4n) is 3.71. The van der Waals surface area contributed by atoms with Crippen molar-refractivity contribution in [2.24, 2.45) is 10.9 Å². The third kappa shape index (κ3) is 8.55. The Hall–Kier alpha value is -1.02. The van der Waals surface area contributed by atoms with Gasteiger partial charge < -0.3 is 20.3 Å². The van der Waals surface area contributed by atoms with Crippen LogP contribution in [0.2, 0.25) is 0 Å². The summed E-state index contributed by atoms with van der Waals surface area (Å²) in [5, 5.41) is 6.93. The topological polar surface area (TPSA) is 48.9 Å². The molecule has 0 aromatic heterocycles. The lowest BCUT2D eigenvalue weighted by atomic mass is 9.93. The van der Waals surface area contributed by atoms with Gasteiger partial charge >= 0.3 is 0 Å². The predicted molar refractivity (Wildman–Crippen MR) is 130 cm³/mol. The highest BCUT2D eigenvalue weighted by Crippen LogP contribution is 2.21. The summed E-state index contributed by atoms with van der Waals surface area (Å²) in [6, 6.07) is 8.37. The molecule has 1 fully saturated rings. The molecule has 0 bridgehead atoms. The molecule has 1 aromatic carbocycles. The van der Waals surface area contributed by atoms with Gasteiger partial charge in [0, 0.05) is 20.1 Å². The fourth-order valence-corrected chi connectivity index (χ4v) is 3.71. The van der Waals surface area contributed by atoms with Gasteiger partial charge in [-0.1, -0.05) is 26.0 Å². The zero-order chi connectivity index (χ0) is 19.5. The van der Waals surface area contributed by atoms with Crippen molar-refractivity contribution in [2.45, 2.75) is 45.4 Å². The molecule has 1 aliphatic heterocycles.